The zero-order valence-electron chi connectivity index (χ0n) is 11.7. The monoisotopic (exact) mass is 242 g/mol. The molecule has 0 aliphatic heterocycles. The number of carbonyl (C=O) groups excluding carboxylic acids is 2. The lowest BCUT2D eigenvalue weighted by Crippen LogP contribution is -2.39. The van der Waals surface area contributed by atoms with Gasteiger partial charge in [-0.1, -0.05) is 20.8 Å². The van der Waals surface area contributed by atoms with Gasteiger partial charge in [0, 0.05) is 24.4 Å². The normalized spacial score (nSPS) is 11.6. The Balaban J connectivity index is 4.38. The van der Waals surface area contributed by atoms with Gasteiger partial charge in [-0.25, -0.2) is 0 Å². The minimum absolute atomic E-state index is 0.108. The van der Waals surface area contributed by atoms with Crippen LogP contribution in [0.5, 0.6) is 0 Å². The third-order valence-electron chi connectivity index (χ3n) is 3.04. The second kappa shape index (κ2) is 6.62. The molecule has 0 bridgehead atoms. The molecule has 0 heterocycles. The van der Waals surface area contributed by atoms with Crippen LogP contribution in [0.3, 0.4) is 0 Å². The third-order valence-corrected chi connectivity index (χ3v) is 3.04. The van der Waals surface area contributed by atoms with E-state index in [0.717, 1.165) is 13.0 Å². The number of rotatable bonds is 7. The van der Waals surface area contributed by atoms with Crippen LogP contribution in [-0.2, 0) is 9.59 Å². The number of nitrogens with zero attached hydrogens (tertiary/aromatic N) is 1. The molecule has 0 atom stereocenters. The van der Waals surface area contributed by atoms with E-state index in [9.17, 15) is 9.59 Å². The van der Waals surface area contributed by atoms with Gasteiger partial charge in [0.1, 0.15) is 0 Å². The molecule has 0 aromatic heterocycles. The van der Waals surface area contributed by atoms with Gasteiger partial charge in [0.25, 0.3) is 0 Å². The molecule has 0 fully saturated rings. The van der Waals surface area contributed by atoms with E-state index in [4.69, 9.17) is 5.73 Å². The average molecular weight is 242 g/mol. The van der Waals surface area contributed by atoms with Crippen molar-refractivity contribution in [3.8, 4) is 0 Å². The smallest absolute Gasteiger partial charge is 0.223 e. The van der Waals surface area contributed by atoms with Crippen molar-refractivity contribution in [3.05, 3.63) is 0 Å². The Morgan fingerprint density at radius 1 is 1.29 bits per heavy atom. The largest absolute Gasteiger partial charge is 0.369 e. The van der Waals surface area contributed by atoms with E-state index in [0.29, 0.717) is 12.8 Å². The van der Waals surface area contributed by atoms with Crippen LogP contribution < -0.4 is 5.73 Å². The van der Waals surface area contributed by atoms with Crippen LogP contribution in [0.4, 0.5) is 0 Å². The maximum Gasteiger partial charge on any atom is 0.223 e. The maximum atomic E-state index is 12.0. The van der Waals surface area contributed by atoms with Gasteiger partial charge < -0.3 is 10.6 Å². The van der Waals surface area contributed by atoms with Crippen LogP contribution in [0.25, 0.3) is 0 Å². The fourth-order valence-corrected chi connectivity index (χ4v) is 1.60. The van der Waals surface area contributed by atoms with E-state index in [1.54, 1.807) is 13.8 Å². The Morgan fingerprint density at radius 3 is 2.18 bits per heavy atom. The quantitative estimate of drug-likeness (QED) is 0.741. The fraction of sp³-hybridized carbons (Fsp3) is 0.846. The van der Waals surface area contributed by atoms with Gasteiger partial charge >= 0.3 is 0 Å². The van der Waals surface area contributed by atoms with Crippen molar-refractivity contribution >= 4 is 11.8 Å². The van der Waals surface area contributed by atoms with E-state index in [-0.39, 0.29) is 17.9 Å². The molecule has 0 radical (unpaired) electrons. The van der Waals surface area contributed by atoms with E-state index in [1.165, 1.54) is 0 Å². The molecule has 0 spiro atoms. The van der Waals surface area contributed by atoms with Crippen molar-refractivity contribution in [2.45, 2.75) is 59.9 Å². The molecule has 0 aromatic carbocycles. The number of primary amides is 1. The number of hydrogen-bond donors (Lipinski definition) is 1. The molecule has 2 amide bonds. The molecule has 4 nitrogen and oxygen atoms in total. The van der Waals surface area contributed by atoms with Crippen LogP contribution in [0, 0.1) is 5.41 Å². The molecule has 0 rings (SSSR count). The summed E-state index contributed by atoms with van der Waals surface area (Å²) in [5, 5.41) is 0. The van der Waals surface area contributed by atoms with Crippen molar-refractivity contribution < 1.29 is 9.59 Å². The Hall–Kier alpha value is -1.06. The zero-order chi connectivity index (χ0) is 13.6. The van der Waals surface area contributed by atoms with Gasteiger partial charge in [0.2, 0.25) is 11.8 Å². The standard InChI is InChI=1S/C13H26N2O2/c1-6-9-15(10(2)3)11(16)7-8-13(4,5)12(14)17/h10H,6-9H2,1-5H3,(H2,14,17). The van der Waals surface area contributed by atoms with Crippen molar-refractivity contribution in [1.29, 1.82) is 0 Å². The molecule has 0 saturated heterocycles. The van der Waals surface area contributed by atoms with Crippen LogP contribution in [-0.4, -0.2) is 29.3 Å². The summed E-state index contributed by atoms with van der Waals surface area (Å²) in [6, 6.07) is 0.208. The van der Waals surface area contributed by atoms with Crippen molar-refractivity contribution in [3.63, 3.8) is 0 Å². The summed E-state index contributed by atoms with van der Waals surface area (Å²) in [6.45, 7) is 10.4. The Labute approximate surface area is 105 Å². The fourth-order valence-electron chi connectivity index (χ4n) is 1.60. The van der Waals surface area contributed by atoms with Crippen LogP contribution in [0.2, 0.25) is 0 Å². The molecule has 100 valence electrons. The van der Waals surface area contributed by atoms with Gasteiger partial charge in [-0.2, -0.15) is 0 Å². The van der Waals surface area contributed by atoms with Crippen LogP contribution >= 0.6 is 0 Å². The Morgan fingerprint density at radius 2 is 1.82 bits per heavy atom. The number of hydrogen-bond acceptors (Lipinski definition) is 2. The number of amides is 2. The lowest BCUT2D eigenvalue weighted by molar-refractivity contribution is -0.134. The Kier molecular flexibility index (Phi) is 6.21. The minimum atomic E-state index is -0.607. The molecule has 0 aromatic rings. The molecule has 0 aliphatic rings. The average Bonchev–Trinajstić information content (AvgIpc) is 2.22. The number of nitrogens with two attached hydrogens (primary N) is 1. The van der Waals surface area contributed by atoms with E-state index >= 15 is 0 Å². The SMILES string of the molecule is CCCN(C(=O)CCC(C)(C)C(N)=O)C(C)C. The first-order valence-corrected chi connectivity index (χ1v) is 6.31. The molecular formula is C13H26N2O2. The van der Waals surface area contributed by atoms with Gasteiger partial charge in [0.15, 0.2) is 0 Å². The van der Waals surface area contributed by atoms with Gasteiger partial charge in [-0.15, -0.1) is 0 Å². The lowest BCUT2D eigenvalue weighted by Gasteiger charge is -2.28. The lowest BCUT2D eigenvalue weighted by atomic mass is 9.87. The summed E-state index contributed by atoms with van der Waals surface area (Å²) in [5.41, 5.74) is 4.68. The van der Waals surface area contributed by atoms with Gasteiger partial charge in [-0.05, 0) is 26.7 Å². The van der Waals surface area contributed by atoms with Crippen LogP contribution in [0.1, 0.15) is 53.9 Å². The van der Waals surface area contributed by atoms with E-state index in [1.807, 2.05) is 18.7 Å². The molecular weight excluding hydrogens is 216 g/mol. The second-order valence-electron chi connectivity index (χ2n) is 5.43. The first-order valence-electron chi connectivity index (χ1n) is 6.31. The summed E-state index contributed by atoms with van der Waals surface area (Å²) < 4.78 is 0. The van der Waals surface area contributed by atoms with Crippen molar-refractivity contribution in [2.75, 3.05) is 6.54 Å². The summed E-state index contributed by atoms with van der Waals surface area (Å²) >= 11 is 0. The predicted molar refractivity (Wildman–Crippen MR) is 69.3 cm³/mol. The van der Waals surface area contributed by atoms with E-state index in [2.05, 4.69) is 6.92 Å². The van der Waals surface area contributed by atoms with Crippen LogP contribution in [0.15, 0.2) is 0 Å². The first-order chi connectivity index (χ1) is 7.72. The predicted octanol–water partition coefficient (Wildman–Crippen LogP) is 1.93. The molecule has 0 unspecified atom stereocenters. The minimum Gasteiger partial charge on any atom is -0.369 e. The highest BCUT2D eigenvalue weighted by atomic mass is 16.2. The molecule has 17 heavy (non-hydrogen) atoms. The molecule has 0 saturated carbocycles. The molecule has 2 N–H and O–H groups in total. The van der Waals surface area contributed by atoms with Gasteiger partial charge in [0.05, 0.1) is 0 Å². The Bertz CT molecular complexity index is 273. The molecule has 4 heteroatoms. The zero-order valence-corrected chi connectivity index (χ0v) is 11.7. The van der Waals surface area contributed by atoms with E-state index < -0.39 is 5.41 Å². The summed E-state index contributed by atoms with van der Waals surface area (Å²) in [5.74, 6) is -0.243. The number of carbonyl (C=O) groups is 2. The summed E-state index contributed by atoms with van der Waals surface area (Å²) in [6.07, 6.45) is 1.84. The summed E-state index contributed by atoms with van der Waals surface area (Å²) in [4.78, 5) is 25.0. The third kappa shape index (κ3) is 5.20. The topological polar surface area (TPSA) is 63.4 Å². The highest BCUT2D eigenvalue weighted by Crippen LogP contribution is 2.22. The molecule has 0 aliphatic carbocycles. The summed E-state index contributed by atoms with van der Waals surface area (Å²) in [7, 11) is 0. The first kappa shape index (κ1) is 15.9. The highest BCUT2D eigenvalue weighted by molar-refractivity contribution is 5.81. The second-order valence-corrected chi connectivity index (χ2v) is 5.43. The van der Waals surface area contributed by atoms with Gasteiger partial charge in [-0.3, -0.25) is 9.59 Å². The highest BCUT2D eigenvalue weighted by Gasteiger charge is 2.27. The van der Waals surface area contributed by atoms with Crippen molar-refractivity contribution in [1.82, 2.24) is 4.90 Å². The maximum absolute atomic E-state index is 12.0. The van der Waals surface area contributed by atoms with Crippen molar-refractivity contribution in [2.24, 2.45) is 11.1 Å².